The van der Waals surface area contributed by atoms with Gasteiger partial charge in [0.2, 0.25) is 0 Å². The van der Waals surface area contributed by atoms with Crippen LogP contribution in [0.2, 0.25) is 0 Å². The van der Waals surface area contributed by atoms with Gasteiger partial charge in [0.05, 0.1) is 7.11 Å². The van der Waals surface area contributed by atoms with Crippen molar-refractivity contribution in [3.05, 3.63) is 65.7 Å². The minimum atomic E-state index is -1.05. The van der Waals surface area contributed by atoms with E-state index in [-0.39, 0.29) is 0 Å². The third-order valence-corrected chi connectivity index (χ3v) is 3.49. The smallest absolute Gasteiger partial charge is 0.118 e. The largest absolute Gasteiger partial charge is 0.497 e. The molecule has 2 aromatic rings. The second-order valence-electron chi connectivity index (χ2n) is 4.70. The minimum absolute atomic E-state index is 0.484. The van der Waals surface area contributed by atoms with E-state index in [0.717, 1.165) is 16.9 Å². The molecule has 3 nitrogen and oxygen atoms in total. The molecule has 0 radical (unpaired) electrons. The van der Waals surface area contributed by atoms with Gasteiger partial charge in [-0.05, 0) is 23.3 Å². The molecule has 1 atom stereocenters. The number of ether oxygens (including phenoxy) is 2. The molecule has 2 aromatic carbocycles. The summed E-state index contributed by atoms with van der Waals surface area (Å²) in [4.78, 5) is 0. The molecule has 0 amide bonds. The van der Waals surface area contributed by atoms with Crippen molar-refractivity contribution >= 4 is 0 Å². The first kappa shape index (κ1) is 14.6. The SMILES string of the molecule is COCCC(O)(c1ccccc1)c1ccc(OC)cc1. The van der Waals surface area contributed by atoms with Crippen LogP contribution >= 0.6 is 0 Å². The molecule has 0 aliphatic carbocycles. The summed E-state index contributed by atoms with van der Waals surface area (Å²) in [6.45, 7) is 0.484. The lowest BCUT2D eigenvalue weighted by Crippen LogP contribution is -2.28. The van der Waals surface area contributed by atoms with E-state index in [1.165, 1.54) is 0 Å². The lowest BCUT2D eigenvalue weighted by Gasteiger charge is -2.29. The lowest BCUT2D eigenvalue weighted by molar-refractivity contribution is 0.0402. The molecule has 1 unspecified atom stereocenters. The summed E-state index contributed by atoms with van der Waals surface area (Å²) in [5.74, 6) is 0.774. The van der Waals surface area contributed by atoms with Gasteiger partial charge in [0.25, 0.3) is 0 Å². The van der Waals surface area contributed by atoms with Crippen molar-refractivity contribution in [2.45, 2.75) is 12.0 Å². The first-order valence-corrected chi connectivity index (χ1v) is 6.62. The Morgan fingerprint density at radius 1 is 0.900 bits per heavy atom. The maximum absolute atomic E-state index is 11.1. The second-order valence-corrected chi connectivity index (χ2v) is 4.70. The van der Waals surface area contributed by atoms with Gasteiger partial charge < -0.3 is 14.6 Å². The zero-order valence-electron chi connectivity index (χ0n) is 11.9. The van der Waals surface area contributed by atoms with Crippen molar-refractivity contribution in [3.8, 4) is 5.75 Å². The summed E-state index contributed by atoms with van der Waals surface area (Å²) in [7, 11) is 3.27. The normalized spacial score (nSPS) is 13.8. The average Bonchev–Trinajstić information content (AvgIpc) is 2.53. The van der Waals surface area contributed by atoms with Gasteiger partial charge in [-0.1, -0.05) is 42.5 Å². The van der Waals surface area contributed by atoms with Gasteiger partial charge in [-0.15, -0.1) is 0 Å². The van der Waals surface area contributed by atoms with Gasteiger partial charge in [0.15, 0.2) is 0 Å². The van der Waals surface area contributed by atoms with E-state index in [9.17, 15) is 5.11 Å². The van der Waals surface area contributed by atoms with E-state index < -0.39 is 5.60 Å². The molecular formula is C17H20O3. The van der Waals surface area contributed by atoms with Crippen LogP contribution in [0.4, 0.5) is 0 Å². The van der Waals surface area contributed by atoms with E-state index >= 15 is 0 Å². The zero-order chi connectivity index (χ0) is 14.4. The fourth-order valence-corrected chi connectivity index (χ4v) is 2.29. The fraction of sp³-hybridized carbons (Fsp3) is 0.294. The predicted octanol–water partition coefficient (Wildman–Crippen LogP) is 2.97. The molecule has 106 valence electrons. The summed E-state index contributed by atoms with van der Waals surface area (Å²) in [6.07, 6.45) is 0.500. The number of hydrogen-bond donors (Lipinski definition) is 1. The lowest BCUT2D eigenvalue weighted by atomic mass is 9.84. The first-order valence-electron chi connectivity index (χ1n) is 6.62. The van der Waals surface area contributed by atoms with Crippen LogP contribution in [0.25, 0.3) is 0 Å². The van der Waals surface area contributed by atoms with Crippen LogP contribution in [0.1, 0.15) is 17.5 Å². The zero-order valence-corrected chi connectivity index (χ0v) is 11.9. The summed E-state index contributed by atoms with van der Waals surface area (Å²) >= 11 is 0. The summed E-state index contributed by atoms with van der Waals surface area (Å²) < 4.78 is 10.3. The molecule has 2 rings (SSSR count). The molecule has 0 aromatic heterocycles. The van der Waals surface area contributed by atoms with Crippen LogP contribution in [0.15, 0.2) is 54.6 Å². The van der Waals surface area contributed by atoms with Crippen molar-refractivity contribution in [2.24, 2.45) is 0 Å². The standard InChI is InChI=1S/C17H20O3/c1-19-13-12-17(18,14-6-4-3-5-7-14)15-8-10-16(20-2)11-9-15/h3-11,18H,12-13H2,1-2H3. The minimum Gasteiger partial charge on any atom is -0.497 e. The van der Waals surface area contributed by atoms with Crippen LogP contribution in [0.5, 0.6) is 5.75 Å². The van der Waals surface area contributed by atoms with Crippen LogP contribution in [0.3, 0.4) is 0 Å². The van der Waals surface area contributed by atoms with Gasteiger partial charge in [-0.2, -0.15) is 0 Å². The van der Waals surface area contributed by atoms with Crippen molar-refractivity contribution in [2.75, 3.05) is 20.8 Å². The highest BCUT2D eigenvalue weighted by atomic mass is 16.5. The Balaban J connectivity index is 2.40. The Labute approximate surface area is 119 Å². The van der Waals surface area contributed by atoms with Crippen molar-refractivity contribution in [1.29, 1.82) is 0 Å². The van der Waals surface area contributed by atoms with Crippen molar-refractivity contribution in [3.63, 3.8) is 0 Å². The molecule has 0 heterocycles. The third kappa shape index (κ3) is 3.00. The highest BCUT2D eigenvalue weighted by Crippen LogP contribution is 2.33. The van der Waals surface area contributed by atoms with Gasteiger partial charge in [0, 0.05) is 20.1 Å². The maximum Gasteiger partial charge on any atom is 0.118 e. The molecule has 0 bridgehead atoms. The first-order chi connectivity index (χ1) is 9.70. The number of hydrogen-bond acceptors (Lipinski definition) is 3. The monoisotopic (exact) mass is 272 g/mol. The number of rotatable bonds is 6. The van der Waals surface area contributed by atoms with E-state index in [4.69, 9.17) is 9.47 Å². The van der Waals surface area contributed by atoms with Crippen LogP contribution in [-0.4, -0.2) is 25.9 Å². The predicted molar refractivity (Wildman–Crippen MR) is 78.9 cm³/mol. The molecule has 0 aliphatic heterocycles. The molecular weight excluding hydrogens is 252 g/mol. The molecule has 0 aliphatic rings. The van der Waals surface area contributed by atoms with Gasteiger partial charge in [-0.25, -0.2) is 0 Å². The third-order valence-electron chi connectivity index (χ3n) is 3.49. The Bertz CT molecular complexity index is 522. The molecule has 20 heavy (non-hydrogen) atoms. The highest BCUT2D eigenvalue weighted by Gasteiger charge is 2.31. The fourth-order valence-electron chi connectivity index (χ4n) is 2.29. The molecule has 0 spiro atoms. The van der Waals surface area contributed by atoms with Gasteiger partial charge in [0.1, 0.15) is 11.4 Å². The molecule has 0 saturated heterocycles. The molecule has 0 saturated carbocycles. The molecule has 0 fully saturated rings. The molecule has 1 N–H and O–H groups in total. The maximum atomic E-state index is 11.1. The van der Waals surface area contributed by atoms with Crippen LogP contribution < -0.4 is 4.74 Å². The summed E-state index contributed by atoms with van der Waals surface area (Å²) in [6, 6.07) is 17.1. The Morgan fingerprint density at radius 2 is 1.50 bits per heavy atom. The van der Waals surface area contributed by atoms with Gasteiger partial charge >= 0.3 is 0 Å². The summed E-state index contributed by atoms with van der Waals surface area (Å²) in [5, 5.41) is 11.1. The van der Waals surface area contributed by atoms with E-state index in [1.807, 2.05) is 54.6 Å². The van der Waals surface area contributed by atoms with Crippen LogP contribution in [-0.2, 0) is 10.3 Å². The van der Waals surface area contributed by atoms with E-state index in [1.54, 1.807) is 14.2 Å². The Kier molecular flexibility index (Phi) is 4.77. The summed E-state index contributed by atoms with van der Waals surface area (Å²) in [5.41, 5.74) is 0.646. The van der Waals surface area contributed by atoms with Gasteiger partial charge in [-0.3, -0.25) is 0 Å². The quantitative estimate of drug-likeness (QED) is 0.878. The van der Waals surface area contributed by atoms with E-state index in [0.29, 0.717) is 13.0 Å². The van der Waals surface area contributed by atoms with Crippen molar-refractivity contribution in [1.82, 2.24) is 0 Å². The number of benzene rings is 2. The Morgan fingerprint density at radius 3 is 2.05 bits per heavy atom. The molecule has 3 heteroatoms. The second kappa shape index (κ2) is 6.55. The van der Waals surface area contributed by atoms with E-state index in [2.05, 4.69) is 0 Å². The van der Waals surface area contributed by atoms with Crippen molar-refractivity contribution < 1.29 is 14.6 Å². The Hall–Kier alpha value is -1.84. The highest BCUT2D eigenvalue weighted by molar-refractivity contribution is 5.38. The van der Waals surface area contributed by atoms with Crippen LogP contribution in [0, 0.1) is 0 Å². The number of aliphatic hydroxyl groups is 1. The topological polar surface area (TPSA) is 38.7 Å². The number of methoxy groups -OCH3 is 2. The average molecular weight is 272 g/mol.